The molecular weight excluding hydrogens is 462 g/mol. The first-order chi connectivity index (χ1) is 16.9. The monoisotopic (exact) mass is 495 g/mol. The third kappa shape index (κ3) is 3.64. The van der Waals surface area contributed by atoms with Crippen LogP contribution in [0.2, 0.25) is 0 Å². The van der Waals surface area contributed by atoms with E-state index in [9.17, 15) is 19.5 Å². The Hall–Kier alpha value is -2.58. The maximum absolute atomic E-state index is 14.2. The van der Waals surface area contributed by atoms with Crippen LogP contribution in [0.25, 0.3) is 0 Å². The molecule has 5 rings (SSSR count). The van der Waals surface area contributed by atoms with Crippen molar-refractivity contribution in [2.45, 2.75) is 42.2 Å². The number of anilines is 1. The molecule has 0 aromatic heterocycles. The molecule has 0 radical (unpaired) electrons. The Bertz CT molecular complexity index is 1080. The lowest BCUT2D eigenvalue weighted by atomic mass is 9.74. The Labute approximate surface area is 210 Å². The predicted octanol–water partition coefficient (Wildman–Crippen LogP) is 2.47. The molecule has 1 aromatic rings. The number of likely N-dealkylation sites (tertiary alicyclic amines) is 1. The zero-order valence-electron chi connectivity index (χ0n) is 20.3. The van der Waals surface area contributed by atoms with Gasteiger partial charge in [-0.2, -0.15) is 0 Å². The zero-order valence-corrected chi connectivity index (χ0v) is 21.1. The van der Waals surface area contributed by atoms with Gasteiger partial charge in [-0.25, -0.2) is 0 Å². The second-order valence-electron chi connectivity index (χ2n) is 9.98. The average Bonchev–Trinajstić information content (AvgIpc) is 3.11. The molecule has 1 N–H and O–H groups in total. The fourth-order valence-corrected chi connectivity index (χ4v) is 8.46. The van der Waals surface area contributed by atoms with E-state index in [0.717, 1.165) is 18.5 Å². The van der Waals surface area contributed by atoms with Gasteiger partial charge in [0.15, 0.2) is 0 Å². The van der Waals surface area contributed by atoms with Crippen LogP contribution in [-0.2, 0) is 14.4 Å². The average molecular weight is 496 g/mol. The number of unbranched alkanes of at least 4 members (excludes halogenated alkanes) is 1. The molecule has 0 bridgehead atoms. The first-order valence-corrected chi connectivity index (χ1v) is 13.3. The Morgan fingerprint density at radius 1 is 0.971 bits per heavy atom. The molecule has 1 unspecified atom stereocenters. The summed E-state index contributed by atoms with van der Waals surface area (Å²) in [4.78, 5) is 47.2. The lowest BCUT2D eigenvalue weighted by molar-refractivity contribution is -0.143. The molecule has 35 heavy (non-hydrogen) atoms. The van der Waals surface area contributed by atoms with Crippen LogP contribution in [-0.4, -0.2) is 80.9 Å². The molecule has 4 aliphatic rings. The SMILES string of the molecule is CCCCN1CC=C[C@]23S[C@]4(C)C=CCN(c5ccccc5)C(=O)[C@@H]4[C@H]2C(=O)N(CCO)C3C1=O. The van der Waals surface area contributed by atoms with Gasteiger partial charge in [0.25, 0.3) is 0 Å². The largest absolute Gasteiger partial charge is 0.395 e. The predicted molar refractivity (Wildman–Crippen MR) is 137 cm³/mol. The lowest BCUT2D eigenvalue weighted by Crippen LogP contribution is -2.54. The quantitative estimate of drug-likeness (QED) is 0.614. The standard InChI is InChI=1S/C27H33N3O4S/c1-3-4-14-28-15-9-13-27-21(24(33)30(17-18-31)22(27)25(28)34)20-23(32)29(19-10-6-5-7-11-19)16-8-12-26(20,2)35-27/h5-13,20-22,31H,3-4,14-18H2,1-2H3/t20-,21-,22?,26+,27-/m0/s1. The summed E-state index contributed by atoms with van der Waals surface area (Å²) < 4.78 is -1.49. The van der Waals surface area contributed by atoms with Crippen molar-refractivity contribution >= 4 is 35.2 Å². The van der Waals surface area contributed by atoms with Crippen LogP contribution in [0.1, 0.15) is 26.7 Å². The van der Waals surface area contributed by atoms with Crippen molar-refractivity contribution < 1.29 is 19.5 Å². The van der Waals surface area contributed by atoms with Crippen molar-refractivity contribution in [3.63, 3.8) is 0 Å². The Balaban J connectivity index is 1.61. The highest BCUT2D eigenvalue weighted by Crippen LogP contribution is 2.65. The van der Waals surface area contributed by atoms with Gasteiger partial charge >= 0.3 is 0 Å². The Kier molecular flexibility index (Phi) is 6.30. The van der Waals surface area contributed by atoms with Gasteiger partial charge in [0.05, 0.1) is 23.2 Å². The summed E-state index contributed by atoms with van der Waals surface area (Å²) >= 11 is 1.58. The van der Waals surface area contributed by atoms with Crippen molar-refractivity contribution in [1.82, 2.24) is 9.80 Å². The van der Waals surface area contributed by atoms with E-state index in [4.69, 9.17) is 0 Å². The number of carbonyl (C=O) groups is 3. The van der Waals surface area contributed by atoms with E-state index in [1.807, 2.05) is 60.4 Å². The number of benzene rings is 1. The number of rotatable bonds is 6. The Morgan fingerprint density at radius 3 is 2.43 bits per heavy atom. The molecule has 1 spiro atoms. The minimum Gasteiger partial charge on any atom is -0.395 e. The van der Waals surface area contributed by atoms with E-state index in [1.54, 1.807) is 21.6 Å². The molecule has 1 aromatic carbocycles. The third-order valence-corrected chi connectivity index (χ3v) is 9.63. The van der Waals surface area contributed by atoms with Crippen LogP contribution in [0, 0.1) is 11.8 Å². The summed E-state index contributed by atoms with van der Waals surface area (Å²) in [5.41, 5.74) is 0.796. The number of para-hydroxylation sites is 1. The van der Waals surface area contributed by atoms with Gasteiger partial charge in [0.2, 0.25) is 17.7 Å². The number of amides is 3. The lowest BCUT2D eigenvalue weighted by Gasteiger charge is -2.36. The van der Waals surface area contributed by atoms with Crippen molar-refractivity contribution in [3.05, 3.63) is 54.6 Å². The second-order valence-corrected chi connectivity index (χ2v) is 11.8. The second kappa shape index (κ2) is 9.13. The summed E-state index contributed by atoms with van der Waals surface area (Å²) in [6.45, 7) is 5.53. The summed E-state index contributed by atoms with van der Waals surface area (Å²) in [5, 5.41) is 9.80. The van der Waals surface area contributed by atoms with Crippen LogP contribution >= 0.6 is 11.8 Å². The van der Waals surface area contributed by atoms with E-state index in [-0.39, 0.29) is 30.9 Å². The van der Waals surface area contributed by atoms with Gasteiger partial charge < -0.3 is 19.8 Å². The molecule has 3 amide bonds. The highest BCUT2D eigenvalue weighted by Gasteiger charge is 2.73. The molecule has 0 saturated carbocycles. The molecule has 4 heterocycles. The number of carbonyl (C=O) groups excluding carboxylic acids is 3. The number of thioether (sulfide) groups is 1. The fraction of sp³-hybridized carbons (Fsp3) is 0.519. The molecule has 5 atom stereocenters. The summed E-state index contributed by atoms with van der Waals surface area (Å²) in [6, 6.07) is 8.80. The third-order valence-electron chi connectivity index (χ3n) is 7.83. The number of aliphatic hydroxyl groups excluding tert-OH is 1. The van der Waals surface area contributed by atoms with Crippen LogP contribution in [0.5, 0.6) is 0 Å². The summed E-state index contributed by atoms with van der Waals surface area (Å²) in [6.07, 6.45) is 9.96. The Morgan fingerprint density at radius 2 is 1.71 bits per heavy atom. The maximum Gasteiger partial charge on any atom is 0.247 e. The van der Waals surface area contributed by atoms with Crippen LogP contribution < -0.4 is 4.90 Å². The fourth-order valence-electron chi connectivity index (χ4n) is 6.31. The minimum atomic E-state index is -0.858. The van der Waals surface area contributed by atoms with E-state index in [0.29, 0.717) is 19.6 Å². The zero-order chi connectivity index (χ0) is 24.8. The molecule has 7 nitrogen and oxygen atoms in total. The number of nitrogens with zero attached hydrogens (tertiary/aromatic N) is 3. The van der Waals surface area contributed by atoms with Crippen LogP contribution in [0.3, 0.4) is 0 Å². The number of fused-ring (bicyclic) bond motifs is 2. The number of aliphatic hydroxyl groups is 1. The molecule has 8 heteroatoms. The molecule has 4 aliphatic heterocycles. The maximum atomic E-state index is 14.2. The molecule has 2 fully saturated rings. The number of β-amino-alcohol motifs (C(OH)–C–C–N with tert-alkyl or cyclic N) is 1. The van der Waals surface area contributed by atoms with Crippen LogP contribution in [0.4, 0.5) is 5.69 Å². The van der Waals surface area contributed by atoms with Gasteiger partial charge in [-0.05, 0) is 25.5 Å². The molecule has 2 saturated heterocycles. The molecular formula is C27H33N3O4S. The smallest absolute Gasteiger partial charge is 0.247 e. The van der Waals surface area contributed by atoms with Gasteiger partial charge in [-0.3, -0.25) is 14.4 Å². The van der Waals surface area contributed by atoms with Crippen molar-refractivity contribution in [1.29, 1.82) is 0 Å². The highest BCUT2D eigenvalue weighted by molar-refractivity contribution is 8.02. The van der Waals surface area contributed by atoms with Gasteiger partial charge in [-0.1, -0.05) is 55.8 Å². The highest BCUT2D eigenvalue weighted by atomic mass is 32.2. The van der Waals surface area contributed by atoms with Crippen LogP contribution in [0.15, 0.2) is 54.6 Å². The summed E-state index contributed by atoms with van der Waals surface area (Å²) in [5.74, 6) is -1.69. The van der Waals surface area contributed by atoms with E-state index in [2.05, 4.69) is 13.0 Å². The van der Waals surface area contributed by atoms with Gasteiger partial charge in [0, 0.05) is 36.6 Å². The topological polar surface area (TPSA) is 81.2 Å². The van der Waals surface area contributed by atoms with Gasteiger partial charge in [-0.15, -0.1) is 11.8 Å². The number of hydrogen-bond acceptors (Lipinski definition) is 5. The van der Waals surface area contributed by atoms with Gasteiger partial charge in [0.1, 0.15) is 6.04 Å². The first-order valence-electron chi connectivity index (χ1n) is 12.5. The molecule has 0 aliphatic carbocycles. The van der Waals surface area contributed by atoms with Crippen molar-refractivity contribution in [3.8, 4) is 0 Å². The molecule has 186 valence electrons. The van der Waals surface area contributed by atoms with E-state index >= 15 is 0 Å². The summed E-state index contributed by atoms with van der Waals surface area (Å²) in [7, 11) is 0. The minimum absolute atomic E-state index is 0.0827. The normalized spacial score (nSPS) is 34.1. The van der Waals surface area contributed by atoms with Crippen molar-refractivity contribution in [2.75, 3.05) is 37.7 Å². The number of hydrogen-bond donors (Lipinski definition) is 1. The van der Waals surface area contributed by atoms with E-state index in [1.165, 1.54) is 0 Å². The van der Waals surface area contributed by atoms with Crippen molar-refractivity contribution in [2.24, 2.45) is 11.8 Å². The first kappa shape index (κ1) is 24.1. The van der Waals surface area contributed by atoms with E-state index < -0.39 is 27.4 Å².